The molecule has 6 heteroatoms. The van der Waals surface area contributed by atoms with Crippen molar-refractivity contribution < 1.29 is 9.59 Å². The summed E-state index contributed by atoms with van der Waals surface area (Å²) in [7, 11) is 1.69. The van der Waals surface area contributed by atoms with Crippen LogP contribution in [0.5, 0.6) is 0 Å². The second-order valence-corrected chi connectivity index (χ2v) is 6.76. The molecule has 1 N–H and O–H groups in total. The highest BCUT2D eigenvalue weighted by atomic mass is 16.2. The average Bonchev–Trinajstić information content (AvgIpc) is 2.55. The van der Waals surface area contributed by atoms with Crippen molar-refractivity contribution in [2.24, 2.45) is 11.3 Å². The van der Waals surface area contributed by atoms with Crippen LogP contribution in [0.2, 0.25) is 0 Å². The van der Waals surface area contributed by atoms with E-state index < -0.39 is 0 Å². The number of piperidine rings is 1. The lowest BCUT2D eigenvalue weighted by Gasteiger charge is -2.41. The van der Waals surface area contributed by atoms with Crippen molar-refractivity contribution >= 4 is 11.8 Å². The smallest absolute Gasteiger partial charge is 0.227 e. The van der Waals surface area contributed by atoms with Crippen LogP contribution in [0.25, 0.3) is 0 Å². The summed E-state index contributed by atoms with van der Waals surface area (Å²) in [5.74, 6) is 0.639. The molecule has 1 aromatic heterocycles. The van der Waals surface area contributed by atoms with E-state index in [2.05, 4.69) is 29.1 Å². The molecule has 0 saturated carbocycles. The van der Waals surface area contributed by atoms with Crippen molar-refractivity contribution in [3.05, 3.63) is 24.3 Å². The molecule has 1 fully saturated rings. The Morgan fingerprint density at radius 3 is 2.39 bits per heavy atom. The molecule has 23 heavy (non-hydrogen) atoms. The van der Waals surface area contributed by atoms with E-state index in [1.807, 2.05) is 4.90 Å². The first-order valence-electron chi connectivity index (χ1n) is 8.21. The van der Waals surface area contributed by atoms with Crippen LogP contribution in [0.15, 0.2) is 18.7 Å². The lowest BCUT2D eigenvalue weighted by Crippen LogP contribution is -2.50. The molecule has 2 heterocycles. The molecule has 0 spiro atoms. The molecule has 0 aliphatic carbocycles. The summed E-state index contributed by atoms with van der Waals surface area (Å²) in [4.78, 5) is 34.5. The summed E-state index contributed by atoms with van der Waals surface area (Å²) in [5, 5.41) is 2.81. The molecule has 2 rings (SSSR count). The number of rotatable bonds is 5. The maximum atomic E-state index is 12.4. The van der Waals surface area contributed by atoms with Crippen molar-refractivity contribution in [2.45, 2.75) is 39.5 Å². The predicted octanol–water partition coefficient (Wildman–Crippen LogP) is 1.42. The van der Waals surface area contributed by atoms with Crippen molar-refractivity contribution in [1.82, 2.24) is 20.2 Å². The number of amides is 2. The Morgan fingerprint density at radius 1 is 1.26 bits per heavy atom. The fraction of sp³-hybridized carbons (Fsp3) is 0.647. The molecule has 0 unspecified atom stereocenters. The van der Waals surface area contributed by atoms with Crippen LogP contribution in [0, 0.1) is 11.3 Å². The van der Waals surface area contributed by atoms with Gasteiger partial charge in [-0.2, -0.15) is 0 Å². The van der Waals surface area contributed by atoms with E-state index in [9.17, 15) is 9.59 Å². The maximum Gasteiger partial charge on any atom is 0.227 e. The van der Waals surface area contributed by atoms with Crippen LogP contribution in [0.3, 0.4) is 0 Å². The monoisotopic (exact) mass is 318 g/mol. The molecule has 126 valence electrons. The number of carbonyl (C=O) groups excluding carboxylic acids is 2. The van der Waals surface area contributed by atoms with Gasteiger partial charge in [0, 0.05) is 32.5 Å². The van der Waals surface area contributed by atoms with Crippen LogP contribution >= 0.6 is 0 Å². The van der Waals surface area contributed by atoms with E-state index in [0.29, 0.717) is 25.4 Å². The van der Waals surface area contributed by atoms with Crippen LogP contribution in [-0.2, 0) is 16.0 Å². The van der Waals surface area contributed by atoms with E-state index in [-0.39, 0.29) is 17.2 Å². The Balaban J connectivity index is 1.98. The molecule has 1 aliphatic rings. The highest BCUT2D eigenvalue weighted by molar-refractivity contribution is 5.83. The van der Waals surface area contributed by atoms with E-state index in [1.54, 1.807) is 19.4 Å². The van der Waals surface area contributed by atoms with Crippen LogP contribution < -0.4 is 5.32 Å². The number of likely N-dealkylation sites (tertiary alicyclic amines) is 1. The van der Waals surface area contributed by atoms with Gasteiger partial charge in [0.2, 0.25) is 11.8 Å². The van der Waals surface area contributed by atoms with Crippen molar-refractivity contribution in [2.75, 3.05) is 20.1 Å². The first kappa shape index (κ1) is 17.4. The lowest BCUT2D eigenvalue weighted by atomic mass is 9.72. The largest absolute Gasteiger partial charge is 0.359 e. The fourth-order valence-corrected chi connectivity index (χ4v) is 3.46. The van der Waals surface area contributed by atoms with E-state index >= 15 is 0 Å². The van der Waals surface area contributed by atoms with Crippen LogP contribution in [0.1, 0.15) is 38.7 Å². The molecule has 2 amide bonds. The number of hydrogen-bond acceptors (Lipinski definition) is 4. The minimum absolute atomic E-state index is 0.0786. The SMILES string of the molecule is CNC(=O)C1(CC(C)C)CCN(C(=O)Cc2cncnc2)CC1. The zero-order valence-corrected chi connectivity index (χ0v) is 14.2. The Bertz CT molecular complexity index is 537. The van der Waals surface area contributed by atoms with E-state index in [4.69, 9.17) is 0 Å². The summed E-state index contributed by atoms with van der Waals surface area (Å²) in [5.41, 5.74) is 0.484. The first-order chi connectivity index (χ1) is 11.0. The second kappa shape index (κ2) is 7.53. The minimum atomic E-state index is -0.338. The van der Waals surface area contributed by atoms with Gasteiger partial charge in [0.15, 0.2) is 0 Å². The molecule has 0 bridgehead atoms. The minimum Gasteiger partial charge on any atom is -0.359 e. The topological polar surface area (TPSA) is 75.2 Å². The maximum absolute atomic E-state index is 12.4. The standard InChI is InChI=1S/C17H26N4O2/c1-13(2)9-17(16(23)18-3)4-6-21(7-5-17)15(22)8-14-10-19-12-20-11-14/h10-13H,4-9H2,1-3H3,(H,18,23). The highest BCUT2D eigenvalue weighted by Crippen LogP contribution is 2.38. The van der Waals surface area contributed by atoms with Gasteiger partial charge in [-0.25, -0.2) is 9.97 Å². The highest BCUT2D eigenvalue weighted by Gasteiger charge is 2.41. The van der Waals surface area contributed by atoms with E-state index in [1.165, 1.54) is 6.33 Å². The Morgan fingerprint density at radius 2 is 1.87 bits per heavy atom. The number of hydrogen-bond donors (Lipinski definition) is 1. The third kappa shape index (κ3) is 4.27. The summed E-state index contributed by atoms with van der Waals surface area (Å²) < 4.78 is 0. The zero-order valence-electron chi connectivity index (χ0n) is 14.2. The fourth-order valence-electron chi connectivity index (χ4n) is 3.46. The number of carbonyl (C=O) groups is 2. The molecule has 6 nitrogen and oxygen atoms in total. The molecular formula is C17H26N4O2. The third-order valence-corrected chi connectivity index (χ3v) is 4.55. The third-order valence-electron chi connectivity index (χ3n) is 4.55. The van der Waals surface area contributed by atoms with Gasteiger partial charge in [0.1, 0.15) is 6.33 Å². The van der Waals surface area contributed by atoms with Crippen molar-refractivity contribution in [1.29, 1.82) is 0 Å². The van der Waals surface area contributed by atoms with E-state index in [0.717, 1.165) is 24.8 Å². The molecule has 0 radical (unpaired) electrons. The van der Waals surface area contributed by atoms with Gasteiger partial charge in [-0.1, -0.05) is 13.8 Å². The van der Waals surface area contributed by atoms with Gasteiger partial charge < -0.3 is 10.2 Å². The predicted molar refractivity (Wildman–Crippen MR) is 87.5 cm³/mol. The zero-order chi connectivity index (χ0) is 16.9. The van der Waals surface area contributed by atoms with Crippen LogP contribution in [-0.4, -0.2) is 46.8 Å². The van der Waals surface area contributed by atoms with Gasteiger partial charge >= 0.3 is 0 Å². The summed E-state index contributed by atoms with van der Waals surface area (Å²) in [6.45, 7) is 5.54. The lowest BCUT2D eigenvalue weighted by molar-refractivity contribution is -0.140. The molecule has 1 aromatic rings. The summed E-state index contributed by atoms with van der Waals surface area (Å²) in [6, 6.07) is 0. The Labute approximate surface area is 137 Å². The normalized spacial score (nSPS) is 17.1. The van der Waals surface area contributed by atoms with Crippen LogP contribution in [0.4, 0.5) is 0 Å². The van der Waals surface area contributed by atoms with Crippen molar-refractivity contribution in [3.8, 4) is 0 Å². The molecule has 0 atom stereocenters. The molecule has 1 saturated heterocycles. The Hall–Kier alpha value is -1.98. The molecule has 0 aromatic carbocycles. The van der Waals surface area contributed by atoms with Gasteiger partial charge in [0.05, 0.1) is 11.8 Å². The van der Waals surface area contributed by atoms with Gasteiger partial charge in [0.25, 0.3) is 0 Å². The van der Waals surface area contributed by atoms with Crippen molar-refractivity contribution in [3.63, 3.8) is 0 Å². The first-order valence-corrected chi connectivity index (χ1v) is 8.21. The number of aromatic nitrogens is 2. The molecular weight excluding hydrogens is 292 g/mol. The summed E-state index contributed by atoms with van der Waals surface area (Å²) in [6.07, 6.45) is 7.42. The number of nitrogens with zero attached hydrogens (tertiary/aromatic N) is 3. The molecule has 1 aliphatic heterocycles. The summed E-state index contributed by atoms with van der Waals surface area (Å²) >= 11 is 0. The van der Waals surface area contributed by atoms with Gasteiger partial charge in [-0.05, 0) is 30.7 Å². The Kier molecular flexibility index (Phi) is 5.69. The second-order valence-electron chi connectivity index (χ2n) is 6.76. The average molecular weight is 318 g/mol. The van der Waals surface area contributed by atoms with Gasteiger partial charge in [-0.3, -0.25) is 9.59 Å². The quantitative estimate of drug-likeness (QED) is 0.891. The number of nitrogens with one attached hydrogen (secondary N) is 1. The van der Waals surface area contributed by atoms with Gasteiger partial charge in [-0.15, -0.1) is 0 Å².